The van der Waals surface area contributed by atoms with Crippen LogP contribution in [0.2, 0.25) is 0 Å². The summed E-state index contributed by atoms with van der Waals surface area (Å²) in [5, 5.41) is 5.95. The molecule has 4 nitrogen and oxygen atoms in total. The number of alkyl halides is 3. The number of rotatable bonds is 7. The number of pyridine rings is 1. The van der Waals surface area contributed by atoms with E-state index >= 15 is 0 Å². The van der Waals surface area contributed by atoms with Crippen LogP contribution in [0, 0.1) is 5.92 Å². The van der Waals surface area contributed by atoms with E-state index in [1.807, 2.05) is 26.0 Å². The number of amides is 1. The number of benzene rings is 1. The van der Waals surface area contributed by atoms with E-state index in [-0.39, 0.29) is 24.3 Å². The first-order chi connectivity index (χ1) is 12.3. The van der Waals surface area contributed by atoms with E-state index in [1.165, 1.54) is 12.1 Å². The van der Waals surface area contributed by atoms with E-state index in [9.17, 15) is 18.0 Å². The van der Waals surface area contributed by atoms with E-state index < -0.39 is 11.7 Å². The van der Waals surface area contributed by atoms with Gasteiger partial charge in [0.1, 0.15) is 0 Å². The van der Waals surface area contributed by atoms with Gasteiger partial charge in [-0.3, -0.25) is 9.78 Å². The van der Waals surface area contributed by atoms with Crippen molar-refractivity contribution in [2.45, 2.75) is 39.0 Å². The van der Waals surface area contributed by atoms with Gasteiger partial charge in [-0.25, -0.2) is 0 Å². The first kappa shape index (κ1) is 19.8. The Morgan fingerprint density at radius 2 is 1.81 bits per heavy atom. The maximum absolute atomic E-state index is 12.6. The van der Waals surface area contributed by atoms with Gasteiger partial charge in [-0.05, 0) is 42.3 Å². The maximum atomic E-state index is 12.6. The van der Waals surface area contributed by atoms with E-state index in [4.69, 9.17) is 0 Å². The molecule has 0 aliphatic rings. The summed E-state index contributed by atoms with van der Waals surface area (Å²) in [6, 6.07) is 10.1. The predicted octanol–water partition coefficient (Wildman–Crippen LogP) is 4.24. The maximum Gasteiger partial charge on any atom is 0.416 e. The van der Waals surface area contributed by atoms with E-state index in [0.717, 1.165) is 17.8 Å². The highest BCUT2D eigenvalue weighted by atomic mass is 19.4. The second-order valence-corrected chi connectivity index (χ2v) is 6.37. The van der Waals surface area contributed by atoms with Crippen molar-refractivity contribution >= 4 is 11.6 Å². The van der Waals surface area contributed by atoms with Crippen LogP contribution < -0.4 is 10.6 Å². The molecule has 2 N–H and O–H groups in total. The zero-order valence-electron chi connectivity index (χ0n) is 14.7. The highest BCUT2D eigenvalue weighted by Crippen LogP contribution is 2.30. The summed E-state index contributed by atoms with van der Waals surface area (Å²) in [6.45, 7) is 4.24. The SMILES string of the molecule is CC(C)C(CC(=O)NCc1ccccn1)Nc1ccc(C(F)(F)F)cc1. The Bertz CT molecular complexity index is 700. The van der Waals surface area contributed by atoms with Crippen LogP contribution in [0.4, 0.5) is 18.9 Å². The molecule has 0 aliphatic carbocycles. The molecular formula is C19H22F3N3O. The molecule has 0 fully saturated rings. The summed E-state index contributed by atoms with van der Waals surface area (Å²) < 4.78 is 37.9. The van der Waals surface area contributed by atoms with Crippen LogP contribution in [0.5, 0.6) is 0 Å². The van der Waals surface area contributed by atoms with Gasteiger partial charge in [-0.1, -0.05) is 19.9 Å². The van der Waals surface area contributed by atoms with Gasteiger partial charge in [0.25, 0.3) is 0 Å². The highest BCUT2D eigenvalue weighted by molar-refractivity contribution is 5.77. The van der Waals surface area contributed by atoms with Gasteiger partial charge in [0.2, 0.25) is 5.91 Å². The molecule has 1 aromatic carbocycles. The molecule has 140 valence electrons. The van der Waals surface area contributed by atoms with Gasteiger partial charge in [0, 0.05) is 24.3 Å². The lowest BCUT2D eigenvalue weighted by Crippen LogP contribution is -2.34. The van der Waals surface area contributed by atoms with E-state index in [2.05, 4.69) is 15.6 Å². The summed E-state index contributed by atoms with van der Waals surface area (Å²) in [4.78, 5) is 16.3. The first-order valence-electron chi connectivity index (χ1n) is 8.36. The summed E-state index contributed by atoms with van der Waals surface area (Å²) in [6.07, 6.45) is -2.49. The average molecular weight is 365 g/mol. The summed E-state index contributed by atoms with van der Waals surface area (Å²) >= 11 is 0. The Kier molecular flexibility index (Phi) is 6.60. The Hall–Kier alpha value is -2.57. The molecule has 1 atom stereocenters. The number of anilines is 1. The molecule has 0 saturated heterocycles. The minimum Gasteiger partial charge on any atom is -0.382 e. The molecule has 1 unspecified atom stereocenters. The van der Waals surface area contributed by atoms with Crippen LogP contribution in [0.1, 0.15) is 31.5 Å². The van der Waals surface area contributed by atoms with Crippen molar-refractivity contribution in [1.82, 2.24) is 10.3 Å². The second kappa shape index (κ2) is 8.69. The normalized spacial score (nSPS) is 12.7. The van der Waals surface area contributed by atoms with Gasteiger partial charge in [0.05, 0.1) is 17.8 Å². The molecule has 0 saturated carbocycles. The molecule has 7 heteroatoms. The molecular weight excluding hydrogens is 343 g/mol. The van der Waals surface area contributed by atoms with Crippen molar-refractivity contribution in [3.8, 4) is 0 Å². The fourth-order valence-corrected chi connectivity index (χ4v) is 2.39. The zero-order chi connectivity index (χ0) is 19.2. The Labute approximate surface area is 150 Å². The van der Waals surface area contributed by atoms with Crippen LogP contribution in [-0.4, -0.2) is 16.9 Å². The van der Waals surface area contributed by atoms with Crippen LogP contribution >= 0.6 is 0 Å². The van der Waals surface area contributed by atoms with E-state index in [0.29, 0.717) is 12.2 Å². The summed E-state index contributed by atoms with van der Waals surface area (Å²) in [5.41, 5.74) is 0.615. The smallest absolute Gasteiger partial charge is 0.382 e. The number of nitrogens with one attached hydrogen (secondary N) is 2. The molecule has 1 aromatic heterocycles. The van der Waals surface area contributed by atoms with Gasteiger partial charge in [-0.15, -0.1) is 0 Å². The van der Waals surface area contributed by atoms with Crippen LogP contribution in [0.3, 0.4) is 0 Å². The third-order valence-electron chi connectivity index (χ3n) is 3.97. The lowest BCUT2D eigenvalue weighted by molar-refractivity contribution is -0.137. The van der Waals surface area contributed by atoms with Crippen molar-refractivity contribution in [3.05, 3.63) is 59.9 Å². The first-order valence-corrected chi connectivity index (χ1v) is 8.36. The number of hydrogen-bond acceptors (Lipinski definition) is 3. The number of hydrogen-bond donors (Lipinski definition) is 2. The lowest BCUT2D eigenvalue weighted by atomic mass is 10.00. The van der Waals surface area contributed by atoms with Crippen LogP contribution in [-0.2, 0) is 17.5 Å². The quantitative estimate of drug-likeness (QED) is 0.772. The molecule has 1 amide bonds. The Balaban J connectivity index is 1.92. The predicted molar refractivity (Wildman–Crippen MR) is 94.4 cm³/mol. The van der Waals surface area contributed by atoms with Crippen LogP contribution in [0.15, 0.2) is 48.7 Å². The molecule has 0 spiro atoms. The topological polar surface area (TPSA) is 54.0 Å². The largest absolute Gasteiger partial charge is 0.416 e. The second-order valence-electron chi connectivity index (χ2n) is 6.37. The minimum absolute atomic E-state index is 0.123. The highest BCUT2D eigenvalue weighted by Gasteiger charge is 2.30. The van der Waals surface area contributed by atoms with Gasteiger partial charge < -0.3 is 10.6 Å². The van der Waals surface area contributed by atoms with Crippen molar-refractivity contribution in [2.24, 2.45) is 5.92 Å². The number of halogens is 3. The zero-order valence-corrected chi connectivity index (χ0v) is 14.7. The van der Waals surface area contributed by atoms with Crippen molar-refractivity contribution in [2.75, 3.05) is 5.32 Å². The van der Waals surface area contributed by atoms with Gasteiger partial charge >= 0.3 is 6.18 Å². The van der Waals surface area contributed by atoms with Crippen molar-refractivity contribution in [1.29, 1.82) is 0 Å². The monoisotopic (exact) mass is 365 g/mol. The van der Waals surface area contributed by atoms with Crippen molar-refractivity contribution < 1.29 is 18.0 Å². The fraction of sp³-hybridized carbons (Fsp3) is 0.368. The van der Waals surface area contributed by atoms with Gasteiger partial charge in [0.15, 0.2) is 0 Å². The van der Waals surface area contributed by atoms with Crippen molar-refractivity contribution in [3.63, 3.8) is 0 Å². The minimum atomic E-state index is -4.36. The van der Waals surface area contributed by atoms with Crippen LogP contribution in [0.25, 0.3) is 0 Å². The third kappa shape index (κ3) is 6.06. The number of nitrogens with zero attached hydrogens (tertiary/aromatic N) is 1. The number of carbonyl (C=O) groups excluding carboxylic acids is 1. The number of carbonyl (C=O) groups is 1. The molecule has 0 radical (unpaired) electrons. The molecule has 26 heavy (non-hydrogen) atoms. The fourth-order valence-electron chi connectivity index (χ4n) is 2.39. The Morgan fingerprint density at radius 1 is 1.12 bits per heavy atom. The standard InChI is InChI=1S/C19H22F3N3O/c1-13(2)17(11-18(26)24-12-16-5-3-4-10-23-16)25-15-8-6-14(7-9-15)19(20,21)22/h3-10,13,17,25H,11-12H2,1-2H3,(H,24,26). The molecule has 0 bridgehead atoms. The molecule has 1 heterocycles. The van der Waals surface area contributed by atoms with E-state index in [1.54, 1.807) is 12.3 Å². The van der Waals surface area contributed by atoms with Gasteiger partial charge in [-0.2, -0.15) is 13.2 Å². The lowest BCUT2D eigenvalue weighted by Gasteiger charge is -2.23. The average Bonchev–Trinajstić information content (AvgIpc) is 2.60. The summed E-state index contributed by atoms with van der Waals surface area (Å²) in [5.74, 6) is -0.0216. The molecule has 2 rings (SSSR count). The third-order valence-corrected chi connectivity index (χ3v) is 3.97. The number of aromatic nitrogens is 1. The molecule has 2 aromatic rings. The molecule has 0 aliphatic heterocycles. The Morgan fingerprint density at radius 3 is 2.35 bits per heavy atom. The summed E-state index contributed by atoms with van der Waals surface area (Å²) in [7, 11) is 0.